The van der Waals surface area contributed by atoms with Crippen LogP contribution in [0.15, 0.2) is 0 Å². The zero-order valence-electron chi connectivity index (χ0n) is 6.93. The van der Waals surface area contributed by atoms with Gasteiger partial charge in [-0.15, -0.1) is 0 Å². The smallest absolute Gasteiger partial charge is 0.209 e. The Labute approximate surface area is 62.0 Å². The van der Waals surface area contributed by atoms with E-state index < -0.39 is 5.72 Å². The molecule has 0 saturated carbocycles. The fourth-order valence-electron chi connectivity index (χ4n) is 0.857. The molecule has 1 unspecified atom stereocenters. The average Bonchev–Trinajstić information content (AvgIpc) is 1.92. The van der Waals surface area contributed by atoms with E-state index in [-0.39, 0.29) is 5.92 Å². The Morgan fingerprint density at radius 3 is 2.10 bits per heavy atom. The molecule has 0 bridgehead atoms. The van der Waals surface area contributed by atoms with Crippen LogP contribution in [0, 0.1) is 17.2 Å². The van der Waals surface area contributed by atoms with Crippen molar-refractivity contribution in [3.05, 3.63) is 0 Å². The number of hydrogen-bond donors (Lipinski definition) is 1. The second-order valence-corrected chi connectivity index (χ2v) is 2.46. The van der Waals surface area contributed by atoms with E-state index in [9.17, 15) is 0 Å². The van der Waals surface area contributed by atoms with Crippen LogP contribution >= 0.6 is 0 Å². The number of nitrogens with one attached hydrogen (secondary N) is 1. The largest absolute Gasteiger partial charge is 0.351 e. The van der Waals surface area contributed by atoms with Crippen LogP contribution in [0.1, 0.15) is 13.8 Å². The molecule has 0 aliphatic carbocycles. The van der Waals surface area contributed by atoms with E-state index in [1.165, 1.54) is 7.11 Å². The van der Waals surface area contributed by atoms with Crippen LogP contribution in [-0.2, 0) is 4.74 Å². The van der Waals surface area contributed by atoms with Crippen LogP contribution in [0.5, 0.6) is 0 Å². The fraction of sp³-hybridized carbons (Fsp3) is 0.857. The Bertz CT molecular complexity index is 133. The summed E-state index contributed by atoms with van der Waals surface area (Å²) in [7, 11) is 3.24. The molecule has 0 spiro atoms. The first-order valence-electron chi connectivity index (χ1n) is 3.28. The third kappa shape index (κ3) is 1.47. The van der Waals surface area contributed by atoms with E-state index in [1.54, 1.807) is 7.05 Å². The first-order valence-corrected chi connectivity index (χ1v) is 3.28. The highest BCUT2D eigenvalue weighted by Gasteiger charge is 2.31. The molecular formula is C7H14N2O. The molecule has 10 heavy (non-hydrogen) atoms. The Balaban J connectivity index is 4.35. The molecule has 0 radical (unpaired) electrons. The Kier molecular flexibility index (Phi) is 3.34. The molecular weight excluding hydrogens is 128 g/mol. The summed E-state index contributed by atoms with van der Waals surface area (Å²) in [6.07, 6.45) is 0. The molecule has 3 nitrogen and oxygen atoms in total. The van der Waals surface area contributed by atoms with Crippen molar-refractivity contribution < 1.29 is 4.74 Å². The average molecular weight is 142 g/mol. The van der Waals surface area contributed by atoms with Gasteiger partial charge in [0.15, 0.2) is 0 Å². The van der Waals surface area contributed by atoms with Gasteiger partial charge in [0.05, 0.1) is 0 Å². The van der Waals surface area contributed by atoms with Crippen molar-refractivity contribution in [2.45, 2.75) is 19.6 Å². The van der Waals surface area contributed by atoms with Crippen molar-refractivity contribution in [1.82, 2.24) is 5.32 Å². The van der Waals surface area contributed by atoms with Gasteiger partial charge in [-0.1, -0.05) is 13.8 Å². The molecule has 0 aliphatic rings. The van der Waals surface area contributed by atoms with E-state index in [2.05, 4.69) is 11.4 Å². The SMILES string of the molecule is CNC(C#N)(OC)C(C)C. The van der Waals surface area contributed by atoms with Gasteiger partial charge < -0.3 is 4.74 Å². The minimum Gasteiger partial charge on any atom is -0.351 e. The molecule has 0 amide bonds. The first-order chi connectivity index (χ1) is 4.63. The van der Waals surface area contributed by atoms with E-state index in [0.29, 0.717) is 0 Å². The molecule has 0 aromatic carbocycles. The highest BCUT2D eigenvalue weighted by molar-refractivity contribution is 5.00. The van der Waals surface area contributed by atoms with Gasteiger partial charge in [-0.05, 0) is 7.05 Å². The zero-order valence-corrected chi connectivity index (χ0v) is 6.93. The van der Waals surface area contributed by atoms with E-state index >= 15 is 0 Å². The number of hydrogen-bond acceptors (Lipinski definition) is 3. The minimum atomic E-state index is -0.819. The first kappa shape index (κ1) is 9.41. The number of rotatable bonds is 3. The predicted octanol–water partition coefficient (Wildman–Crippen LogP) is 0.728. The van der Waals surface area contributed by atoms with Crippen molar-refractivity contribution in [2.75, 3.05) is 14.2 Å². The van der Waals surface area contributed by atoms with Crippen LogP contribution in [0.25, 0.3) is 0 Å². The Morgan fingerprint density at radius 2 is 2.10 bits per heavy atom. The summed E-state index contributed by atoms with van der Waals surface area (Å²) in [5.41, 5.74) is -0.819. The Hall–Kier alpha value is -0.590. The highest BCUT2D eigenvalue weighted by atomic mass is 16.5. The summed E-state index contributed by atoms with van der Waals surface area (Å²) in [6.45, 7) is 3.87. The molecule has 0 aromatic rings. The highest BCUT2D eigenvalue weighted by Crippen LogP contribution is 2.15. The lowest BCUT2D eigenvalue weighted by molar-refractivity contribution is -0.0214. The number of nitriles is 1. The van der Waals surface area contributed by atoms with Crippen molar-refractivity contribution in [2.24, 2.45) is 5.92 Å². The molecule has 1 atom stereocenters. The minimum absolute atomic E-state index is 0.146. The molecule has 1 N–H and O–H groups in total. The molecule has 0 aliphatic heterocycles. The summed E-state index contributed by atoms with van der Waals surface area (Å²) in [5, 5.41) is 11.5. The third-order valence-electron chi connectivity index (χ3n) is 1.67. The van der Waals surface area contributed by atoms with Crippen molar-refractivity contribution in [1.29, 1.82) is 5.26 Å². The van der Waals surface area contributed by atoms with Crippen LogP contribution in [0.3, 0.4) is 0 Å². The second-order valence-electron chi connectivity index (χ2n) is 2.46. The van der Waals surface area contributed by atoms with E-state index in [0.717, 1.165) is 0 Å². The normalized spacial score (nSPS) is 16.4. The van der Waals surface area contributed by atoms with Gasteiger partial charge in [0, 0.05) is 13.0 Å². The van der Waals surface area contributed by atoms with Crippen LogP contribution in [-0.4, -0.2) is 19.9 Å². The Morgan fingerprint density at radius 1 is 1.60 bits per heavy atom. The zero-order chi connectivity index (χ0) is 8.20. The van der Waals surface area contributed by atoms with Gasteiger partial charge in [0.25, 0.3) is 0 Å². The van der Waals surface area contributed by atoms with E-state index in [4.69, 9.17) is 10.00 Å². The van der Waals surface area contributed by atoms with Gasteiger partial charge in [-0.3, -0.25) is 5.32 Å². The summed E-state index contributed by atoms with van der Waals surface area (Å²) in [6, 6.07) is 2.08. The molecule has 0 fully saturated rings. The third-order valence-corrected chi connectivity index (χ3v) is 1.67. The molecule has 0 saturated heterocycles. The lowest BCUT2D eigenvalue weighted by atomic mass is 10.0. The van der Waals surface area contributed by atoms with Gasteiger partial charge in [0.1, 0.15) is 6.07 Å². The monoisotopic (exact) mass is 142 g/mol. The van der Waals surface area contributed by atoms with Crippen LogP contribution in [0.4, 0.5) is 0 Å². The summed E-state index contributed by atoms with van der Waals surface area (Å²) in [5.74, 6) is 0.146. The number of nitrogens with zero attached hydrogens (tertiary/aromatic N) is 1. The van der Waals surface area contributed by atoms with Crippen molar-refractivity contribution in [3.8, 4) is 6.07 Å². The van der Waals surface area contributed by atoms with Gasteiger partial charge in [-0.2, -0.15) is 5.26 Å². The quantitative estimate of drug-likeness (QED) is 0.591. The maximum atomic E-state index is 8.71. The fourth-order valence-corrected chi connectivity index (χ4v) is 0.857. The maximum Gasteiger partial charge on any atom is 0.209 e. The lowest BCUT2D eigenvalue weighted by Gasteiger charge is -2.27. The lowest BCUT2D eigenvalue weighted by Crippen LogP contribution is -2.48. The molecule has 0 rings (SSSR count). The predicted molar refractivity (Wildman–Crippen MR) is 39.3 cm³/mol. The molecule has 0 aromatic heterocycles. The summed E-state index contributed by atoms with van der Waals surface area (Å²) >= 11 is 0. The number of ether oxygens (including phenoxy) is 1. The van der Waals surface area contributed by atoms with Gasteiger partial charge in [0.2, 0.25) is 5.72 Å². The molecule has 0 heterocycles. The number of methoxy groups -OCH3 is 1. The second kappa shape index (κ2) is 3.55. The maximum absolute atomic E-state index is 8.71. The standard InChI is InChI=1S/C7H14N2O/c1-6(2)7(5-8,9-3)10-4/h6,9H,1-4H3. The molecule has 3 heteroatoms. The van der Waals surface area contributed by atoms with Crippen molar-refractivity contribution >= 4 is 0 Å². The van der Waals surface area contributed by atoms with E-state index in [1.807, 2.05) is 13.8 Å². The topological polar surface area (TPSA) is 45.0 Å². The molecule has 58 valence electrons. The van der Waals surface area contributed by atoms with Gasteiger partial charge in [-0.25, -0.2) is 0 Å². The summed E-state index contributed by atoms with van der Waals surface area (Å²) in [4.78, 5) is 0. The van der Waals surface area contributed by atoms with Crippen LogP contribution in [0.2, 0.25) is 0 Å². The van der Waals surface area contributed by atoms with Gasteiger partial charge >= 0.3 is 0 Å². The van der Waals surface area contributed by atoms with Crippen LogP contribution < -0.4 is 5.32 Å². The summed E-state index contributed by atoms with van der Waals surface area (Å²) < 4.78 is 5.03. The van der Waals surface area contributed by atoms with Crippen molar-refractivity contribution in [3.63, 3.8) is 0 Å².